The van der Waals surface area contributed by atoms with Crippen LogP contribution in [0.5, 0.6) is 5.75 Å². The zero-order valence-corrected chi connectivity index (χ0v) is 16.2. The molecule has 0 saturated carbocycles. The standard InChI is InChI=1S/C20H21BrN2O3/c1-25-19-8-2-15(14-18(19)21)3-9-20(24)22-16-4-6-17(7-5-16)23-10-12-26-13-11-23/h2-9,14H,10-13H2,1H3,(H,22,24)/b9-3+. The quantitative estimate of drug-likeness (QED) is 0.749. The second kappa shape index (κ2) is 8.87. The number of rotatable bonds is 5. The third-order valence-corrected chi connectivity index (χ3v) is 4.73. The van der Waals surface area contributed by atoms with Crippen LogP contribution in [-0.4, -0.2) is 39.3 Å². The van der Waals surface area contributed by atoms with Gasteiger partial charge in [0.25, 0.3) is 0 Å². The number of hydrogen-bond acceptors (Lipinski definition) is 4. The van der Waals surface area contributed by atoms with Gasteiger partial charge >= 0.3 is 0 Å². The highest BCUT2D eigenvalue weighted by Crippen LogP contribution is 2.26. The zero-order valence-electron chi connectivity index (χ0n) is 14.6. The van der Waals surface area contributed by atoms with Crippen molar-refractivity contribution in [3.05, 3.63) is 58.6 Å². The number of hydrogen-bond donors (Lipinski definition) is 1. The summed E-state index contributed by atoms with van der Waals surface area (Å²) in [6.45, 7) is 3.30. The van der Waals surface area contributed by atoms with Gasteiger partial charge in [-0.1, -0.05) is 6.07 Å². The Balaban J connectivity index is 1.58. The Bertz CT molecular complexity index is 784. The molecule has 1 fully saturated rings. The van der Waals surface area contributed by atoms with Gasteiger partial charge in [0.15, 0.2) is 0 Å². The van der Waals surface area contributed by atoms with Gasteiger partial charge in [-0.05, 0) is 64.0 Å². The number of methoxy groups -OCH3 is 1. The van der Waals surface area contributed by atoms with Gasteiger partial charge in [0.1, 0.15) is 5.75 Å². The molecule has 2 aromatic rings. The van der Waals surface area contributed by atoms with Crippen LogP contribution in [0.3, 0.4) is 0 Å². The Hall–Kier alpha value is -2.31. The van der Waals surface area contributed by atoms with E-state index in [2.05, 4.69) is 26.1 Å². The largest absolute Gasteiger partial charge is 0.496 e. The second-order valence-corrected chi connectivity index (χ2v) is 6.72. The number of carbonyl (C=O) groups is 1. The van der Waals surface area contributed by atoms with Crippen molar-refractivity contribution in [1.82, 2.24) is 0 Å². The molecule has 1 saturated heterocycles. The van der Waals surface area contributed by atoms with Crippen LogP contribution in [0.2, 0.25) is 0 Å². The summed E-state index contributed by atoms with van der Waals surface area (Å²) in [7, 11) is 1.62. The summed E-state index contributed by atoms with van der Waals surface area (Å²) in [5, 5.41) is 2.87. The summed E-state index contributed by atoms with van der Waals surface area (Å²) in [6.07, 6.45) is 3.28. The number of nitrogens with zero attached hydrogens (tertiary/aromatic N) is 1. The molecule has 6 heteroatoms. The van der Waals surface area contributed by atoms with Gasteiger partial charge in [0.05, 0.1) is 24.8 Å². The van der Waals surface area contributed by atoms with Crippen molar-refractivity contribution >= 4 is 39.3 Å². The van der Waals surface area contributed by atoms with E-state index in [9.17, 15) is 4.79 Å². The number of ether oxygens (including phenoxy) is 2. The van der Waals surface area contributed by atoms with Gasteiger partial charge in [0.2, 0.25) is 5.91 Å². The molecule has 1 amide bonds. The maximum absolute atomic E-state index is 12.1. The lowest BCUT2D eigenvalue weighted by molar-refractivity contribution is -0.111. The van der Waals surface area contributed by atoms with E-state index in [1.807, 2.05) is 42.5 Å². The van der Waals surface area contributed by atoms with E-state index in [1.165, 1.54) is 6.08 Å². The summed E-state index contributed by atoms with van der Waals surface area (Å²) < 4.78 is 11.4. The molecule has 0 bridgehead atoms. The number of nitrogens with one attached hydrogen (secondary N) is 1. The first kappa shape index (κ1) is 18.5. The highest BCUT2D eigenvalue weighted by molar-refractivity contribution is 9.10. The van der Waals surface area contributed by atoms with Crippen molar-refractivity contribution in [2.24, 2.45) is 0 Å². The fourth-order valence-electron chi connectivity index (χ4n) is 2.72. The molecule has 2 aromatic carbocycles. The first-order valence-electron chi connectivity index (χ1n) is 8.41. The minimum Gasteiger partial charge on any atom is -0.496 e. The average Bonchev–Trinajstić information content (AvgIpc) is 2.68. The molecule has 1 aliphatic heterocycles. The highest BCUT2D eigenvalue weighted by Gasteiger charge is 2.10. The molecular formula is C20H21BrN2O3. The van der Waals surface area contributed by atoms with Crippen LogP contribution in [0.4, 0.5) is 11.4 Å². The van der Waals surface area contributed by atoms with Gasteiger partial charge in [0, 0.05) is 30.5 Å². The van der Waals surface area contributed by atoms with E-state index < -0.39 is 0 Å². The zero-order chi connectivity index (χ0) is 18.4. The van der Waals surface area contributed by atoms with Crippen LogP contribution in [0.1, 0.15) is 5.56 Å². The van der Waals surface area contributed by atoms with Crippen LogP contribution >= 0.6 is 15.9 Å². The molecule has 0 aromatic heterocycles. The maximum Gasteiger partial charge on any atom is 0.248 e. The Labute approximate surface area is 161 Å². The van der Waals surface area contributed by atoms with E-state index in [0.29, 0.717) is 0 Å². The molecule has 1 heterocycles. The first-order valence-corrected chi connectivity index (χ1v) is 9.20. The van der Waals surface area contributed by atoms with Gasteiger partial charge < -0.3 is 19.7 Å². The fraction of sp³-hybridized carbons (Fsp3) is 0.250. The lowest BCUT2D eigenvalue weighted by Gasteiger charge is -2.28. The van der Waals surface area contributed by atoms with E-state index in [0.717, 1.165) is 53.5 Å². The van der Waals surface area contributed by atoms with E-state index in [4.69, 9.17) is 9.47 Å². The molecule has 1 aliphatic rings. The summed E-state index contributed by atoms with van der Waals surface area (Å²) >= 11 is 3.44. The average molecular weight is 417 g/mol. The molecule has 26 heavy (non-hydrogen) atoms. The lowest BCUT2D eigenvalue weighted by Crippen LogP contribution is -2.36. The van der Waals surface area contributed by atoms with Crippen molar-refractivity contribution < 1.29 is 14.3 Å². The van der Waals surface area contributed by atoms with Gasteiger partial charge in [-0.3, -0.25) is 4.79 Å². The molecule has 5 nitrogen and oxygen atoms in total. The molecule has 0 atom stereocenters. The van der Waals surface area contributed by atoms with E-state index in [1.54, 1.807) is 13.2 Å². The predicted molar refractivity (Wildman–Crippen MR) is 108 cm³/mol. The highest BCUT2D eigenvalue weighted by atomic mass is 79.9. The number of halogens is 1. The lowest BCUT2D eigenvalue weighted by atomic mass is 10.2. The normalized spacial score (nSPS) is 14.5. The smallest absolute Gasteiger partial charge is 0.248 e. The monoisotopic (exact) mass is 416 g/mol. The van der Waals surface area contributed by atoms with Crippen LogP contribution < -0.4 is 15.0 Å². The number of morpholine rings is 1. The summed E-state index contributed by atoms with van der Waals surface area (Å²) in [4.78, 5) is 14.4. The third kappa shape index (κ3) is 4.86. The SMILES string of the molecule is COc1ccc(/C=C/C(=O)Nc2ccc(N3CCOCC3)cc2)cc1Br. The number of amides is 1. The van der Waals surface area contributed by atoms with Crippen molar-refractivity contribution in [2.45, 2.75) is 0 Å². The number of benzene rings is 2. The first-order chi connectivity index (χ1) is 12.7. The topological polar surface area (TPSA) is 50.8 Å². The molecule has 3 rings (SSSR count). The van der Waals surface area contributed by atoms with Crippen LogP contribution in [0.25, 0.3) is 6.08 Å². The molecular weight excluding hydrogens is 396 g/mol. The molecule has 0 unspecified atom stereocenters. The number of carbonyl (C=O) groups excluding carboxylic acids is 1. The third-order valence-electron chi connectivity index (χ3n) is 4.11. The van der Waals surface area contributed by atoms with Crippen molar-refractivity contribution in [3.63, 3.8) is 0 Å². The molecule has 1 N–H and O–H groups in total. The predicted octanol–water partition coefficient (Wildman–Crippen LogP) is 3.95. The Morgan fingerprint density at radius 3 is 2.58 bits per heavy atom. The van der Waals surface area contributed by atoms with Gasteiger partial charge in [-0.2, -0.15) is 0 Å². The molecule has 0 spiro atoms. The molecule has 0 aliphatic carbocycles. The van der Waals surface area contributed by atoms with Crippen LogP contribution in [0, 0.1) is 0 Å². The van der Waals surface area contributed by atoms with Gasteiger partial charge in [-0.25, -0.2) is 0 Å². The van der Waals surface area contributed by atoms with E-state index >= 15 is 0 Å². The van der Waals surface area contributed by atoms with Crippen LogP contribution in [0.15, 0.2) is 53.0 Å². The Morgan fingerprint density at radius 2 is 1.92 bits per heavy atom. The minimum absolute atomic E-state index is 0.170. The summed E-state index contributed by atoms with van der Waals surface area (Å²) in [5.74, 6) is 0.586. The van der Waals surface area contributed by atoms with Crippen molar-refractivity contribution in [3.8, 4) is 5.75 Å². The second-order valence-electron chi connectivity index (χ2n) is 5.86. The Kier molecular flexibility index (Phi) is 6.30. The number of anilines is 2. The van der Waals surface area contributed by atoms with Gasteiger partial charge in [-0.15, -0.1) is 0 Å². The summed E-state index contributed by atoms with van der Waals surface area (Å²) in [6, 6.07) is 13.5. The molecule has 0 radical (unpaired) electrons. The Morgan fingerprint density at radius 1 is 1.19 bits per heavy atom. The van der Waals surface area contributed by atoms with Crippen molar-refractivity contribution in [1.29, 1.82) is 0 Å². The van der Waals surface area contributed by atoms with Crippen LogP contribution in [-0.2, 0) is 9.53 Å². The minimum atomic E-state index is -0.170. The molecule has 136 valence electrons. The van der Waals surface area contributed by atoms with Crippen molar-refractivity contribution in [2.75, 3.05) is 43.6 Å². The maximum atomic E-state index is 12.1. The summed E-state index contributed by atoms with van der Waals surface area (Å²) in [5.41, 5.74) is 2.83. The fourth-order valence-corrected chi connectivity index (χ4v) is 3.28. The van der Waals surface area contributed by atoms with E-state index in [-0.39, 0.29) is 5.91 Å².